The van der Waals surface area contributed by atoms with Gasteiger partial charge in [0, 0.05) is 11.3 Å². The van der Waals surface area contributed by atoms with Crippen LogP contribution in [0.15, 0.2) is 41.5 Å². The van der Waals surface area contributed by atoms with Crippen LogP contribution in [-0.2, 0) is 15.4 Å². The van der Waals surface area contributed by atoms with E-state index in [1.54, 1.807) is 6.92 Å². The minimum Gasteiger partial charge on any atom is -0.386 e. The quantitative estimate of drug-likeness (QED) is 0.788. The van der Waals surface area contributed by atoms with Crippen LogP contribution in [-0.4, -0.2) is 36.1 Å². The fraction of sp³-hybridized carbons (Fsp3) is 0.316. The van der Waals surface area contributed by atoms with Gasteiger partial charge < -0.3 is 11.1 Å². The van der Waals surface area contributed by atoms with Crippen molar-refractivity contribution in [1.82, 2.24) is 4.98 Å². The highest BCUT2D eigenvalue weighted by Crippen LogP contribution is 2.36. The topological polar surface area (TPSA) is 115 Å². The van der Waals surface area contributed by atoms with Crippen molar-refractivity contribution in [2.45, 2.75) is 31.1 Å². The van der Waals surface area contributed by atoms with E-state index in [0.717, 1.165) is 18.3 Å². The van der Waals surface area contributed by atoms with Crippen LogP contribution in [0.3, 0.4) is 0 Å². The summed E-state index contributed by atoms with van der Waals surface area (Å²) in [5.41, 5.74) is 4.99. The molecule has 0 radical (unpaired) electrons. The van der Waals surface area contributed by atoms with E-state index in [0.29, 0.717) is 0 Å². The molecule has 0 saturated carbocycles. The number of anilines is 1. The van der Waals surface area contributed by atoms with E-state index in [-0.39, 0.29) is 35.0 Å². The number of rotatable bonds is 3. The standard InChI is InChI=1S/C19H20F2N4O3S/c1-11-17(22)25-19(2,7-8-29(11,27)28)14-9-13(4-5-15(14)21)24-18(26)16-6-3-12(20)10-23-16/h3-6,9-11H,7-8H2,1-2H3,(H2,22,25)(H,24,26). The van der Waals surface area contributed by atoms with Gasteiger partial charge in [0.1, 0.15) is 28.4 Å². The molecule has 29 heavy (non-hydrogen) atoms. The number of hydrogen-bond acceptors (Lipinski definition) is 6. The molecule has 7 nitrogen and oxygen atoms in total. The van der Waals surface area contributed by atoms with Crippen molar-refractivity contribution in [3.05, 3.63) is 59.4 Å². The van der Waals surface area contributed by atoms with Gasteiger partial charge in [-0.25, -0.2) is 22.2 Å². The van der Waals surface area contributed by atoms with Crippen LogP contribution < -0.4 is 11.1 Å². The smallest absolute Gasteiger partial charge is 0.274 e. The van der Waals surface area contributed by atoms with E-state index >= 15 is 0 Å². The molecular formula is C19H20F2N4O3S. The SMILES string of the molecule is CC1C(N)=NC(C)(c2cc(NC(=O)c3ccc(F)cn3)ccc2F)CCS1(=O)=O. The molecule has 0 aliphatic carbocycles. The number of amides is 1. The first kappa shape index (κ1) is 20.8. The third kappa shape index (κ3) is 4.26. The van der Waals surface area contributed by atoms with E-state index in [2.05, 4.69) is 15.3 Å². The highest BCUT2D eigenvalue weighted by Gasteiger charge is 2.38. The first-order valence-corrected chi connectivity index (χ1v) is 10.5. The fourth-order valence-corrected chi connectivity index (χ4v) is 4.51. The van der Waals surface area contributed by atoms with Crippen LogP contribution in [0.2, 0.25) is 0 Å². The lowest BCUT2D eigenvalue weighted by Crippen LogP contribution is -2.33. The van der Waals surface area contributed by atoms with Gasteiger partial charge in [-0.3, -0.25) is 9.79 Å². The maximum absolute atomic E-state index is 14.6. The van der Waals surface area contributed by atoms with Gasteiger partial charge in [-0.05, 0) is 50.6 Å². The zero-order valence-electron chi connectivity index (χ0n) is 15.8. The second-order valence-electron chi connectivity index (χ2n) is 7.08. The van der Waals surface area contributed by atoms with E-state index in [1.807, 2.05) is 0 Å². The number of aromatic nitrogens is 1. The van der Waals surface area contributed by atoms with Crippen molar-refractivity contribution in [3.63, 3.8) is 0 Å². The van der Waals surface area contributed by atoms with E-state index in [1.165, 1.54) is 25.1 Å². The molecule has 1 amide bonds. The molecule has 3 N–H and O–H groups in total. The maximum Gasteiger partial charge on any atom is 0.274 e. The van der Waals surface area contributed by atoms with E-state index in [9.17, 15) is 22.0 Å². The molecule has 1 aliphatic rings. The Hall–Kier alpha value is -2.88. The molecule has 10 heteroatoms. The van der Waals surface area contributed by atoms with Crippen molar-refractivity contribution in [2.75, 3.05) is 11.1 Å². The van der Waals surface area contributed by atoms with E-state index < -0.39 is 38.2 Å². The zero-order chi connectivity index (χ0) is 21.4. The zero-order valence-corrected chi connectivity index (χ0v) is 16.6. The molecule has 1 aromatic heterocycles. The number of hydrogen-bond donors (Lipinski definition) is 2. The summed E-state index contributed by atoms with van der Waals surface area (Å²) in [5, 5.41) is 1.61. The van der Waals surface area contributed by atoms with Crippen LogP contribution in [0.1, 0.15) is 36.3 Å². The molecule has 2 aromatic rings. The average Bonchev–Trinajstić information content (AvgIpc) is 2.74. The molecular weight excluding hydrogens is 402 g/mol. The van der Waals surface area contributed by atoms with Gasteiger partial charge in [-0.15, -0.1) is 0 Å². The number of nitrogens with two attached hydrogens (primary N) is 1. The minimum atomic E-state index is -3.49. The number of sulfone groups is 1. The second kappa shape index (κ2) is 7.51. The second-order valence-corrected chi connectivity index (χ2v) is 9.52. The summed E-state index contributed by atoms with van der Waals surface area (Å²) in [5.74, 6) is -2.08. The Bertz CT molecular complexity index is 1090. The Kier molecular flexibility index (Phi) is 5.40. The van der Waals surface area contributed by atoms with Gasteiger partial charge in [0.2, 0.25) is 0 Å². The third-order valence-corrected chi connectivity index (χ3v) is 7.06. The van der Waals surface area contributed by atoms with E-state index in [4.69, 9.17) is 5.73 Å². The molecule has 2 heterocycles. The molecule has 1 aromatic carbocycles. The highest BCUT2D eigenvalue weighted by molar-refractivity contribution is 7.92. The predicted molar refractivity (Wildman–Crippen MR) is 105 cm³/mol. The van der Waals surface area contributed by atoms with Crippen LogP contribution in [0.5, 0.6) is 0 Å². The Morgan fingerprint density at radius 3 is 2.66 bits per heavy atom. The number of aliphatic imine (C=N–C) groups is 1. The lowest BCUT2D eigenvalue weighted by atomic mass is 9.89. The Balaban J connectivity index is 1.94. The maximum atomic E-state index is 14.6. The highest BCUT2D eigenvalue weighted by atomic mass is 32.2. The van der Waals surface area contributed by atoms with Crippen LogP contribution in [0.25, 0.3) is 0 Å². The summed E-state index contributed by atoms with van der Waals surface area (Å²) >= 11 is 0. The molecule has 0 fully saturated rings. The molecule has 0 bridgehead atoms. The summed E-state index contributed by atoms with van der Waals surface area (Å²) in [6.45, 7) is 3.04. The number of nitrogens with one attached hydrogen (secondary N) is 1. The van der Waals surface area contributed by atoms with Crippen molar-refractivity contribution < 1.29 is 22.0 Å². The van der Waals surface area contributed by atoms with Gasteiger partial charge in [0.25, 0.3) is 5.91 Å². The molecule has 1 aliphatic heterocycles. The van der Waals surface area contributed by atoms with Crippen LogP contribution >= 0.6 is 0 Å². The molecule has 2 unspecified atom stereocenters. The lowest BCUT2D eigenvalue weighted by molar-refractivity contribution is 0.102. The molecule has 154 valence electrons. The van der Waals surface area contributed by atoms with Gasteiger partial charge >= 0.3 is 0 Å². The number of halogens is 2. The fourth-order valence-electron chi connectivity index (χ4n) is 3.05. The van der Waals surface area contributed by atoms with Gasteiger partial charge in [0.05, 0.1) is 17.5 Å². The van der Waals surface area contributed by atoms with Gasteiger partial charge in [0.15, 0.2) is 9.84 Å². The van der Waals surface area contributed by atoms with Crippen LogP contribution in [0, 0.1) is 11.6 Å². The summed E-state index contributed by atoms with van der Waals surface area (Å²) in [6, 6.07) is 6.22. The first-order valence-electron chi connectivity index (χ1n) is 8.81. The largest absolute Gasteiger partial charge is 0.386 e. The van der Waals surface area contributed by atoms with Gasteiger partial charge in [-0.2, -0.15) is 0 Å². The van der Waals surface area contributed by atoms with Crippen molar-refractivity contribution >= 4 is 27.3 Å². The number of amidine groups is 1. The molecule has 0 saturated heterocycles. The summed E-state index contributed by atoms with van der Waals surface area (Å²) in [6.07, 6.45) is 0.949. The van der Waals surface area contributed by atoms with Crippen molar-refractivity contribution in [3.8, 4) is 0 Å². The number of pyridine rings is 1. The minimum absolute atomic E-state index is 0.0138. The van der Waals surface area contributed by atoms with Crippen molar-refractivity contribution in [2.24, 2.45) is 10.7 Å². The lowest BCUT2D eigenvalue weighted by Gasteiger charge is -2.25. The Morgan fingerprint density at radius 1 is 1.28 bits per heavy atom. The monoisotopic (exact) mass is 422 g/mol. The first-order chi connectivity index (χ1) is 13.5. The van der Waals surface area contributed by atoms with Crippen molar-refractivity contribution in [1.29, 1.82) is 0 Å². The number of carbonyl (C=O) groups excluding carboxylic acids is 1. The Morgan fingerprint density at radius 2 is 2.00 bits per heavy atom. The summed E-state index contributed by atoms with van der Waals surface area (Å²) < 4.78 is 52.1. The molecule has 2 atom stereocenters. The van der Waals surface area contributed by atoms with Crippen LogP contribution in [0.4, 0.5) is 14.5 Å². The number of carbonyl (C=O) groups is 1. The summed E-state index contributed by atoms with van der Waals surface area (Å²) in [7, 11) is -3.49. The average molecular weight is 422 g/mol. The summed E-state index contributed by atoms with van der Waals surface area (Å²) in [4.78, 5) is 20.3. The third-order valence-electron chi connectivity index (χ3n) is 4.97. The van der Waals surface area contributed by atoms with Gasteiger partial charge in [-0.1, -0.05) is 0 Å². The molecule has 0 spiro atoms. The normalized spacial score (nSPS) is 23.7. The number of benzene rings is 1. The molecule has 3 rings (SSSR count). The number of nitrogens with zero attached hydrogens (tertiary/aromatic N) is 2. The predicted octanol–water partition coefficient (Wildman–Crippen LogP) is 2.39. The Labute approximate surface area is 167 Å².